The van der Waals surface area contributed by atoms with Crippen molar-refractivity contribution < 1.29 is 10.0 Å². The fourth-order valence-electron chi connectivity index (χ4n) is 1.40. The van der Waals surface area contributed by atoms with Crippen molar-refractivity contribution in [3.05, 3.63) is 39.4 Å². The number of nitro groups is 1. The maximum Gasteiger partial charge on any atom is 0.274 e. The van der Waals surface area contributed by atoms with Gasteiger partial charge in [0.15, 0.2) is 0 Å². The molecule has 0 unspecified atom stereocenters. The summed E-state index contributed by atoms with van der Waals surface area (Å²) in [5.74, 6) is 0. The van der Waals surface area contributed by atoms with Crippen LogP contribution in [0, 0.1) is 17.0 Å². The molecule has 5 heteroatoms. The largest absolute Gasteiger partial charge is 0.394 e. The average molecular weight is 196 g/mol. The number of benzene rings is 1. The Labute approximate surface area is 81.3 Å². The molecule has 0 saturated heterocycles. The van der Waals surface area contributed by atoms with Crippen LogP contribution < -0.4 is 5.73 Å². The lowest BCUT2D eigenvalue weighted by Gasteiger charge is -2.11. The standard InChI is InChI=1S/C9H12N2O3/c1-6-3-2-4-8(11(13)14)9(6)7(10)5-12/h2-4,7,12H,5,10H2,1H3/t7-/m1/s1. The second kappa shape index (κ2) is 4.17. The Bertz CT molecular complexity index is 352. The average Bonchev–Trinajstić information content (AvgIpc) is 2.16. The summed E-state index contributed by atoms with van der Waals surface area (Å²) in [6.07, 6.45) is 0. The van der Waals surface area contributed by atoms with Gasteiger partial charge in [-0.25, -0.2) is 0 Å². The van der Waals surface area contributed by atoms with Gasteiger partial charge in [0.1, 0.15) is 0 Å². The van der Waals surface area contributed by atoms with Gasteiger partial charge >= 0.3 is 0 Å². The highest BCUT2D eigenvalue weighted by Crippen LogP contribution is 2.26. The Morgan fingerprint density at radius 3 is 2.79 bits per heavy atom. The Morgan fingerprint density at radius 2 is 2.29 bits per heavy atom. The lowest BCUT2D eigenvalue weighted by Crippen LogP contribution is -2.17. The number of nitro benzene ring substituents is 1. The quantitative estimate of drug-likeness (QED) is 0.555. The van der Waals surface area contributed by atoms with Gasteiger partial charge in [-0.1, -0.05) is 12.1 Å². The number of nitrogens with zero attached hydrogens (tertiary/aromatic N) is 1. The van der Waals surface area contributed by atoms with E-state index in [1.54, 1.807) is 19.1 Å². The van der Waals surface area contributed by atoms with E-state index in [0.29, 0.717) is 5.56 Å². The predicted molar refractivity (Wildman–Crippen MR) is 51.8 cm³/mol. The number of aryl methyl sites for hydroxylation is 1. The molecule has 0 aliphatic rings. The maximum atomic E-state index is 10.7. The van der Waals surface area contributed by atoms with Gasteiger partial charge in [-0.05, 0) is 12.5 Å². The van der Waals surface area contributed by atoms with Crippen molar-refractivity contribution >= 4 is 5.69 Å². The zero-order valence-electron chi connectivity index (χ0n) is 7.80. The molecule has 0 bridgehead atoms. The number of rotatable bonds is 3. The van der Waals surface area contributed by atoms with Crippen LogP contribution in [0.5, 0.6) is 0 Å². The first-order chi connectivity index (χ1) is 6.57. The molecule has 1 rings (SSSR count). The highest BCUT2D eigenvalue weighted by Gasteiger charge is 2.20. The Hall–Kier alpha value is -1.46. The molecule has 14 heavy (non-hydrogen) atoms. The fourth-order valence-corrected chi connectivity index (χ4v) is 1.40. The molecule has 0 aromatic heterocycles. The molecule has 1 aromatic rings. The van der Waals surface area contributed by atoms with Gasteiger partial charge in [-0.3, -0.25) is 10.1 Å². The monoisotopic (exact) mass is 196 g/mol. The minimum Gasteiger partial charge on any atom is -0.394 e. The Morgan fingerprint density at radius 1 is 1.64 bits per heavy atom. The maximum absolute atomic E-state index is 10.7. The lowest BCUT2D eigenvalue weighted by atomic mass is 10.0. The lowest BCUT2D eigenvalue weighted by molar-refractivity contribution is -0.385. The number of hydrogen-bond donors (Lipinski definition) is 2. The summed E-state index contributed by atoms with van der Waals surface area (Å²) in [7, 11) is 0. The smallest absolute Gasteiger partial charge is 0.274 e. The van der Waals surface area contributed by atoms with Crippen LogP contribution in [-0.4, -0.2) is 16.6 Å². The van der Waals surface area contributed by atoms with Crippen molar-refractivity contribution in [2.45, 2.75) is 13.0 Å². The molecule has 0 aliphatic heterocycles. The van der Waals surface area contributed by atoms with Crippen molar-refractivity contribution in [2.75, 3.05) is 6.61 Å². The highest BCUT2D eigenvalue weighted by molar-refractivity contribution is 5.47. The minimum absolute atomic E-state index is 0.0356. The molecule has 0 fully saturated rings. The summed E-state index contributed by atoms with van der Waals surface area (Å²) in [5.41, 5.74) is 6.67. The number of aliphatic hydroxyl groups is 1. The zero-order chi connectivity index (χ0) is 10.7. The molecular weight excluding hydrogens is 184 g/mol. The van der Waals surface area contributed by atoms with Gasteiger partial charge < -0.3 is 10.8 Å². The molecule has 0 spiro atoms. The topological polar surface area (TPSA) is 89.4 Å². The van der Waals surface area contributed by atoms with Crippen LogP contribution in [0.1, 0.15) is 17.2 Å². The first-order valence-corrected chi connectivity index (χ1v) is 4.18. The van der Waals surface area contributed by atoms with Crippen LogP contribution in [0.15, 0.2) is 18.2 Å². The SMILES string of the molecule is Cc1cccc([N+](=O)[O-])c1[C@H](N)CO. The molecule has 0 saturated carbocycles. The summed E-state index contributed by atoms with van der Waals surface area (Å²) < 4.78 is 0. The molecule has 0 heterocycles. The Balaban J connectivity index is 3.29. The van der Waals surface area contributed by atoms with Crippen molar-refractivity contribution in [1.82, 2.24) is 0 Å². The third kappa shape index (κ3) is 1.89. The van der Waals surface area contributed by atoms with Gasteiger partial charge in [0.25, 0.3) is 5.69 Å². The molecule has 1 atom stereocenters. The molecule has 0 radical (unpaired) electrons. The van der Waals surface area contributed by atoms with E-state index in [0.717, 1.165) is 5.56 Å². The molecule has 76 valence electrons. The van der Waals surface area contributed by atoms with E-state index in [-0.39, 0.29) is 12.3 Å². The highest BCUT2D eigenvalue weighted by atomic mass is 16.6. The van der Waals surface area contributed by atoms with Crippen LogP contribution in [0.3, 0.4) is 0 Å². The third-order valence-electron chi connectivity index (χ3n) is 2.07. The van der Waals surface area contributed by atoms with Gasteiger partial charge in [-0.2, -0.15) is 0 Å². The van der Waals surface area contributed by atoms with E-state index >= 15 is 0 Å². The summed E-state index contributed by atoms with van der Waals surface area (Å²) >= 11 is 0. The number of hydrogen-bond acceptors (Lipinski definition) is 4. The van der Waals surface area contributed by atoms with Gasteiger partial charge in [-0.15, -0.1) is 0 Å². The van der Waals surface area contributed by atoms with E-state index < -0.39 is 11.0 Å². The normalized spacial score (nSPS) is 12.5. The zero-order valence-corrected chi connectivity index (χ0v) is 7.80. The number of nitrogens with two attached hydrogens (primary N) is 1. The minimum atomic E-state index is -0.698. The van der Waals surface area contributed by atoms with E-state index in [9.17, 15) is 10.1 Å². The number of aliphatic hydroxyl groups excluding tert-OH is 1. The van der Waals surface area contributed by atoms with Gasteiger partial charge in [0, 0.05) is 6.07 Å². The van der Waals surface area contributed by atoms with Crippen LogP contribution in [0.25, 0.3) is 0 Å². The molecule has 3 N–H and O–H groups in total. The molecule has 1 aromatic carbocycles. The van der Waals surface area contributed by atoms with E-state index in [1.165, 1.54) is 6.07 Å². The van der Waals surface area contributed by atoms with Crippen LogP contribution in [-0.2, 0) is 0 Å². The Kier molecular flexibility index (Phi) is 3.16. The first-order valence-electron chi connectivity index (χ1n) is 4.18. The fraction of sp³-hybridized carbons (Fsp3) is 0.333. The first kappa shape index (κ1) is 10.6. The van der Waals surface area contributed by atoms with Crippen LogP contribution in [0.2, 0.25) is 0 Å². The summed E-state index contributed by atoms with van der Waals surface area (Å²) in [4.78, 5) is 10.2. The molecule has 0 amide bonds. The predicted octanol–water partition coefficient (Wildman–Crippen LogP) is 0.895. The van der Waals surface area contributed by atoms with Crippen molar-refractivity contribution in [3.8, 4) is 0 Å². The van der Waals surface area contributed by atoms with Crippen molar-refractivity contribution in [3.63, 3.8) is 0 Å². The van der Waals surface area contributed by atoms with E-state index in [1.807, 2.05) is 0 Å². The van der Waals surface area contributed by atoms with Crippen LogP contribution in [0.4, 0.5) is 5.69 Å². The second-order valence-electron chi connectivity index (χ2n) is 3.05. The third-order valence-corrected chi connectivity index (χ3v) is 2.07. The summed E-state index contributed by atoms with van der Waals surface area (Å²) in [6, 6.07) is 4.02. The van der Waals surface area contributed by atoms with Crippen molar-refractivity contribution in [1.29, 1.82) is 0 Å². The van der Waals surface area contributed by atoms with Crippen molar-refractivity contribution in [2.24, 2.45) is 5.73 Å². The summed E-state index contributed by atoms with van der Waals surface area (Å²) in [5, 5.41) is 19.5. The van der Waals surface area contributed by atoms with Crippen LogP contribution >= 0.6 is 0 Å². The second-order valence-corrected chi connectivity index (χ2v) is 3.05. The van der Waals surface area contributed by atoms with E-state index in [4.69, 9.17) is 10.8 Å². The van der Waals surface area contributed by atoms with E-state index in [2.05, 4.69) is 0 Å². The molecular formula is C9H12N2O3. The summed E-state index contributed by atoms with van der Waals surface area (Å²) in [6.45, 7) is 1.43. The van der Waals surface area contributed by atoms with Gasteiger partial charge in [0.05, 0.1) is 23.1 Å². The molecule has 0 aliphatic carbocycles. The van der Waals surface area contributed by atoms with Gasteiger partial charge in [0.2, 0.25) is 0 Å². The molecule has 5 nitrogen and oxygen atoms in total.